The molecule has 2 fully saturated rings. The Morgan fingerprint density at radius 3 is 2.45 bits per heavy atom. The van der Waals surface area contributed by atoms with Crippen LogP contribution >= 0.6 is 0 Å². The van der Waals surface area contributed by atoms with Gasteiger partial charge in [0.1, 0.15) is 5.75 Å². The fraction of sp³-hybridized carbons (Fsp3) is 0.417. The topological polar surface area (TPSA) is 86.6 Å². The molecule has 2 aromatic rings. The second-order valence-electron chi connectivity index (χ2n) is 8.51. The lowest BCUT2D eigenvalue weighted by atomic mass is 9.89. The minimum absolute atomic E-state index is 0.345. The fourth-order valence-electron chi connectivity index (χ4n) is 4.46. The van der Waals surface area contributed by atoms with Crippen molar-refractivity contribution in [2.75, 3.05) is 23.7 Å². The van der Waals surface area contributed by atoms with Gasteiger partial charge in [0.25, 0.3) is 0 Å². The number of nitriles is 1. The van der Waals surface area contributed by atoms with Crippen molar-refractivity contribution in [2.45, 2.75) is 50.5 Å². The van der Waals surface area contributed by atoms with Gasteiger partial charge in [0.05, 0.1) is 18.2 Å². The largest absolute Gasteiger partial charge is 0.462 e. The predicted molar refractivity (Wildman–Crippen MR) is 117 cm³/mol. The van der Waals surface area contributed by atoms with Crippen LogP contribution in [0.4, 0.5) is 16.2 Å². The molecule has 2 N–H and O–H groups in total. The number of urea groups is 1. The molecular formula is C24H26N4O3. The monoisotopic (exact) mass is 418 g/mol. The quantitative estimate of drug-likeness (QED) is 0.769. The molecule has 1 saturated carbocycles. The van der Waals surface area contributed by atoms with Crippen LogP contribution in [0.2, 0.25) is 0 Å². The zero-order valence-electron chi connectivity index (χ0n) is 17.4. The molecule has 0 atom stereocenters. The Kier molecular flexibility index (Phi) is 5.26. The maximum absolute atomic E-state index is 12.3. The Morgan fingerprint density at radius 1 is 1.06 bits per heavy atom. The van der Waals surface area contributed by atoms with Crippen LogP contribution in [0, 0.1) is 11.3 Å². The van der Waals surface area contributed by atoms with Crippen molar-refractivity contribution in [3.8, 4) is 11.8 Å². The first-order valence-electron chi connectivity index (χ1n) is 10.9. The number of carbonyl (C=O) groups excluding carboxylic acids is 1. The first kappa shape index (κ1) is 19.9. The molecular weight excluding hydrogens is 392 g/mol. The van der Waals surface area contributed by atoms with E-state index < -0.39 is 5.79 Å². The second-order valence-corrected chi connectivity index (χ2v) is 8.51. The number of carbonyl (C=O) groups is 1. The molecule has 5 rings (SSSR count). The molecule has 31 heavy (non-hydrogen) atoms. The summed E-state index contributed by atoms with van der Waals surface area (Å²) in [6, 6.07) is 14.8. The molecule has 2 amide bonds. The first-order valence-corrected chi connectivity index (χ1v) is 10.9. The highest BCUT2D eigenvalue weighted by molar-refractivity contribution is 5.99. The van der Waals surface area contributed by atoms with Gasteiger partial charge in [-0.25, -0.2) is 4.79 Å². The lowest BCUT2D eigenvalue weighted by Crippen LogP contribution is -2.54. The van der Waals surface area contributed by atoms with Crippen molar-refractivity contribution < 1.29 is 14.3 Å². The van der Waals surface area contributed by atoms with Crippen molar-refractivity contribution in [3.05, 3.63) is 53.6 Å². The first-order chi connectivity index (χ1) is 15.1. The van der Waals surface area contributed by atoms with Crippen molar-refractivity contribution in [3.63, 3.8) is 0 Å². The lowest BCUT2D eigenvalue weighted by molar-refractivity contribution is -0.231. The molecule has 2 heterocycles. The van der Waals surface area contributed by atoms with E-state index in [4.69, 9.17) is 14.7 Å². The minimum atomic E-state index is -0.519. The smallest absolute Gasteiger partial charge is 0.323 e. The number of benzene rings is 2. The number of nitrogens with one attached hydrogen (secondary N) is 2. The van der Waals surface area contributed by atoms with Gasteiger partial charge in [0.15, 0.2) is 0 Å². The van der Waals surface area contributed by atoms with Gasteiger partial charge in [-0.05, 0) is 55.3 Å². The predicted octanol–water partition coefficient (Wildman–Crippen LogP) is 4.46. The molecule has 2 aromatic carbocycles. The van der Waals surface area contributed by atoms with Gasteiger partial charge in [-0.2, -0.15) is 5.26 Å². The number of hydrogen-bond donors (Lipinski definition) is 2. The number of hydrogen-bond acceptors (Lipinski definition) is 5. The van der Waals surface area contributed by atoms with Gasteiger partial charge in [0.2, 0.25) is 5.79 Å². The van der Waals surface area contributed by atoms with Crippen LogP contribution in [-0.2, 0) is 11.3 Å². The van der Waals surface area contributed by atoms with Crippen LogP contribution < -0.4 is 15.4 Å². The van der Waals surface area contributed by atoms with Crippen LogP contribution in [-0.4, -0.2) is 35.8 Å². The number of rotatable bonds is 3. The van der Waals surface area contributed by atoms with Crippen molar-refractivity contribution in [1.82, 2.24) is 4.90 Å². The summed E-state index contributed by atoms with van der Waals surface area (Å²) in [5.74, 6) is 0.316. The van der Waals surface area contributed by atoms with E-state index in [2.05, 4.69) is 21.6 Å². The maximum atomic E-state index is 12.3. The molecule has 3 aliphatic rings. The van der Waals surface area contributed by atoms with E-state index in [1.165, 1.54) is 19.3 Å². The SMILES string of the molecule is N#Cc1ccc(NC(=O)Nc2ccc3c(c2)COC2(CCN(C4CCC4)CC2)O3)cc1. The van der Waals surface area contributed by atoms with Crippen LogP contribution in [0.3, 0.4) is 0 Å². The molecule has 1 saturated heterocycles. The average Bonchev–Trinajstić information content (AvgIpc) is 2.75. The molecule has 2 aliphatic heterocycles. The van der Waals surface area contributed by atoms with Crippen molar-refractivity contribution in [1.29, 1.82) is 5.26 Å². The van der Waals surface area contributed by atoms with Gasteiger partial charge in [-0.15, -0.1) is 0 Å². The van der Waals surface area contributed by atoms with E-state index >= 15 is 0 Å². The summed E-state index contributed by atoms with van der Waals surface area (Å²) in [6.07, 6.45) is 5.78. The second kappa shape index (κ2) is 8.22. The van der Waals surface area contributed by atoms with E-state index in [0.29, 0.717) is 23.5 Å². The van der Waals surface area contributed by atoms with E-state index in [1.54, 1.807) is 24.3 Å². The highest BCUT2D eigenvalue weighted by Crippen LogP contribution is 2.40. The maximum Gasteiger partial charge on any atom is 0.323 e. The molecule has 1 aliphatic carbocycles. The minimum Gasteiger partial charge on any atom is -0.462 e. The molecule has 160 valence electrons. The van der Waals surface area contributed by atoms with Gasteiger partial charge in [-0.1, -0.05) is 6.42 Å². The Balaban J connectivity index is 1.18. The van der Waals surface area contributed by atoms with Gasteiger partial charge in [0, 0.05) is 48.9 Å². The standard InChI is InChI=1S/C24H26N4O3/c25-15-17-4-6-19(7-5-17)26-23(29)27-20-8-9-22-18(14-20)16-30-24(31-22)10-12-28(13-11-24)21-2-1-3-21/h4-9,14,21H,1-3,10-13,16H2,(H2,26,27,29). The van der Waals surface area contributed by atoms with Crippen LogP contribution in [0.25, 0.3) is 0 Å². The van der Waals surface area contributed by atoms with Gasteiger partial charge < -0.3 is 20.1 Å². The van der Waals surface area contributed by atoms with Crippen LogP contribution in [0.1, 0.15) is 43.2 Å². The zero-order valence-corrected chi connectivity index (χ0v) is 17.4. The molecule has 0 unspecified atom stereocenters. The number of piperidine rings is 1. The third-order valence-electron chi connectivity index (χ3n) is 6.53. The van der Waals surface area contributed by atoms with E-state index in [9.17, 15) is 4.79 Å². The molecule has 7 nitrogen and oxygen atoms in total. The van der Waals surface area contributed by atoms with E-state index in [0.717, 1.165) is 43.3 Å². The Labute approximate surface area is 181 Å². The van der Waals surface area contributed by atoms with Gasteiger partial charge in [-0.3, -0.25) is 4.90 Å². The zero-order chi connectivity index (χ0) is 21.3. The summed E-state index contributed by atoms with van der Waals surface area (Å²) in [4.78, 5) is 14.9. The number of amides is 2. The normalized spacial score (nSPS) is 20.1. The Bertz CT molecular complexity index is 1000. The summed E-state index contributed by atoms with van der Waals surface area (Å²) in [7, 11) is 0. The Hall–Kier alpha value is -3.08. The van der Waals surface area contributed by atoms with E-state index in [1.807, 2.05) is 18.2 Å². The number of anilines is 2. The average molecular weight is 418 g/mol. The third kappa shape index (κ3) is 4.22. The van der Waals surface area contributed by atoms with E-state index in [-0.39, 0.29) is 6.03 Å². The summed E-state index contributed by atoms with van der Waals surface area (Å²) in [5, 5.41) is 14.5. The molecule has 7 heteroatoms. The highest BCUT2D eigenvalue weighted by atomic mass is 16.7. The molecule has 0 bridgehead atoms. The highest BCUT2D eigenvalue weighted by Gasteiger charge is 2.42. The number of nitrogens with zero attached hydrogens (tertiary/aromatic N) is 2. The fourth-order valence-corrected chi connectivity index (χ4v) is 4.46. The Morgan fingerprint density at radius 2 is 1.77 bits per heavy atom. The number of fused-ring (bicyclic) bond motifs is 1. The van der Waals surface area contributed by atoms with Gasteiger partial charge >= 0.3 is 6.03 Å². The lowest BCUT2D eigenvalue weighted by Gasteiger charge is -2.47. The number of ether oxygens (including phenoxy) is 2. The summed E-state index contributed by atoms with van der Waals surface area (Å²) in [5.41, 5.74) is 2.78. The summed E-state index contributed by atoms with van der Waals surface area (Å²) >= 11 is 0. The van der Waals surface area contributed by atoms with Crippen LogP contribution in [0.5, 0.6) is 5.75 Å². The van der Waals surface area contributed by atoms with Crippen LogP contribution in [0.15, 0.2) is 42.5 Å². The summed E-state index contributed by atoms with van der Waals surface area (Å²) in [6.45, 7) is 2.52. The molecule has 0 aromatic heterocycles. The van der Waals surface area contributed by atoms with Crippen molar-refractivity contribution in [2.24, 2.45) is 0 Å². The molecule has 0 radical (unpaired) electrons. The van der Waals surface area contributed by atoms with Crippen molar-refractivity contribution >= 4 is 17.4 Å². The molecule has 1 spiro atoms. The summed E-state index contributed by atoms with van der Waals surface area (Å²) < 4.78 is 12.5. The third-order valence-corrected chi connectivity index (χ3v) is 6.53. The number of likely N-dealkylation sites (tertiary alicyclic amines) is 1.